The molecule has 1 amide bonds. The second-order valence-corrected chi connectivity index (χ2v) is 5.91. The number of anilines is 1. The van der Waals surface area contributed by atoms with Gasteiger partial charge in [0.15, 0.2) is 6.61 Å². The van der Waals surface area contributed by atoms with Gasteiger partial charge in [0.25, 0.3) is 5.91 Å². The van der Waals surface area contributed by atoms with E-state index < -0.39 is 17.8 Å². The molecule has 0 bridgehead atoms. The number of carbonyl (C=O) groups excluding carboxylic acids is 2. The van der Waals surface area contributed by atoms with Gasteiger partial charge in [0.1, 0.15) is 0 Å². The number of rotatable bonds is 6. The highest BCUT2D eigenvalue weighted by Crippen LogP contribution is 2.29. The molecule has 0 aliphatic heterocycles. The van der Waals surface area contributed by atoms with Crippen molar-refractivity contribution in [2.75, 3.05) is 11.9 Å². The molecule has 0 fully saturated rings. The first-order valence-electron chi connectivity index (χ1n) is 7.48. The Bertz CT molecular complexity index is 719. The van der Waals surface area contributed by atoms with Crippen LogP contribution < -0.4 is 5.32 Å². The average molecular weight is 366 g/mol. The Morgan fingerprint density at radius 3 is 2.46 bits per heavy atom. The lowest BCUT2D eigenvalue weighted by Crippen LogP contribution is -2.24. The zero-order valence-electron chi connectivity index (χ0n) is 13.1. The molecule has 2 aromatic rings. The van der Waals surface area contributed by atoms with Crippen LogP contribution in [0.1, 0.15) is 24.8 Å². The lowest BCUT2D eigenvalue weighted by atomic mass is 9.97. The molecule has 2 aromatic carbocycles. The van der Waals surface area contributed by atoms with Crippen LogP contribution in [0.15, 0.2) is 48.5 Å². The third-order valence-electron chi connectivity index (χ3n) is 3.47. The van der Waals surface area contributed by atoms with Gasteiger partial charge in [-0.25, -0.2) is 0 Å². The Labute approximate surface area is 150 Å². The highest BCUT2D eigenvalue weighted by molar-refractivity contribution is 6.44. The molecule has 0 aliphatic carbocycles. The summed E-state index contributed by atoms with van der Waals surface area (Å²) in [6.07, 6.45) is 0.588. The van der Waals surface area contributed by atoms with Crippen LogP contribution >= 0.6 is 23.2 Å². The highest BCUT2D eigenvalue weighted by atomic mass is 35.5. The van der Waals surface area contributed by atoms with Gasteiger partial charge in [0.2, 0.25) is 0 Å². The van der Waals surface area contributed by atoms with E-state index in [-0.39, 0.29) is 11.6 Å². The van der Waals surface area contributed by atoms with Crippen molar-refractivity contribution in [2.24, 2.45) is 0 Å². The highest BCUT2D eigenvalue weighted by Gasteiger charge is 2.21. The number of hydrogen-bond donors (Lipinski definition) is 1. The quantitative estimate of drug-likeness (QED) is 0.756. The van der Waals surface area contributed by atoms with E-state index in [1.54, 1.807) is 18.2 Å². The van der Waals surface area contributed by atoms with E-state index in [4.69, 9.17) is 27.9 Å². The molecule has 0 unspecified atom stereocenters. The van der Waals surface area contributed by atoms with E-state index in [9.17, 15) is 9.59 Å². The molecule has 4 nitrogen and oxygen atoms in total. The Morgan fingerprint density at radius 1 is 1.08 bits per heavy atom. The second-order valence-electron chi connectivity index (χ2n) is 5.13. The molecule has 0 heterocycles. The SMILES string of the molecule is CC[C@@H](C(=O)OCC(=O)Nc1cccc(Cl)c1Cl)c1ccccc1. The number of ether oxygens (including phenoxy) is 1. The summed E-state index contributed by atoms with van der Waals surface area (Å²) < 4.78 is 5.13. The fourth-order valence-corrected chi connectivity index (χ4v) is 2.60. The number of amides is 1. The third kappa shape index (κ3) is 4.73. The predicted molar refractivity (Wildman–Crippen MR) is 95.5 cm³/mol. The van der Waals surface area contributed by atoms with Crippen molar-refractivity contribution in [1.82, 2.24) is 0 Å². The van der Waals surface area contributed by atoms with Crippen LogP contribution in [0.4, 0.5) is 5.69 Å². The maximum atomic E-state index is 12.2. The summed E-state index contributed by atoms with van der Waals surface area (Å²) in [5, 5.41) is 3.15. The minimum absolute atomic E-state index is 0.245. The van der Waals surface area contributed by atoms with Crippen molar-refractivity contribution < 1.29 is 14.3 Å². The summed E-state index contributed by atoms with van der Waals surface area (Å²) in [6, 6.07) is 14.2. The number of carbonyl (C=O) groups is 2. The molecular weight excluding hydrogens is 349 g/mol. The van der Waals surface area contributed by atoms with Gasteiger partial charge >= 0.3 is 5.97 Å². The largest absolute Gasteiger partial charge is 0.455 e. The van der Waals surface area contributed by atoms with Crippen molar-refractivity contribution in [1.29, 1.82) is 0 Å². The summed E-state index contributed by atoms with van der Waals surface area (Å²) in [5.74, 6) is -1.31. The van der Waals surface area contributed by atoms with Crippen LogP contribution in [0.25, 0.3) is 0 Å². The van der Waals surface area contributed by atoms with E-state index in [0.29, 0.717) is 17.1 Å². The van der Waals surface area contributed by atoms with Crippen LogP contribution in [0.5, 0.6) is 0 Å². The summed E-state index contributed by atoms with van der Waals surface area (Å²) >= 11 is 11.9. The first kappa shape index (κ1) is 18.3. The fraction of sp³-hybridized carbons (Fsp3) is 0.222. The molecule has 1 atom stereocenters. The predicted octanol–water partition coefficient (Wildman–Crippen LogP) is 4.67. The van der Waals surface area contributed by atoms with E-state index >= 15 is 0 Å². The summed E-state index contributed by atoms with van der Waals surface area (Å²) in [4.78, 5) is 24.1. The standard InChI is InChI=1S/C18H17Cl2NO3/c1-2-13(12-7-4-3-5-8-12)18(23)24-11-16(22)21-15-10-6-9-14(19)17(15)20/h3-10,13H,2,11H2,1H3,(H,21,22)/t13-/m1/s1. The molecule has 0 aromatic heterocycles. The summed E-state index contributed by atoms with van der Waals surface area (Å²) in [7, 11) is 0. The van der Waals surface area contributed by atoms with Gasteiger partial charge in [-0.1, -0.05) is 66.5 Å². The normalized spacial score (nSPS) is 11.6. The third-order valence-corrected chi connectivity index (χ3v) is 4.28. The lowest BCUT2D eigenvalue weighted by molar-refractivity contribution is -0.149. The fourth-order valence-electron chi connectivity index (χ4n) is 2.25. The second kappa shape index (κ2) is 8.71. The zero-order valence-corrected chi connectivity index (χ0v) is 14.6. The summed E-state index contributed by atoms with van der Waals surface area (Å²) in [5.41, 5.74) is 1.24. The molecule has 0 saturated carbocycles. The molecule has 1 N–H and O–H groups in total. The molecule has 24 heavy (non-hydrogen) atoms. The number of esters is 1. The van der Waals surface area contributed by atoms with Crippen LogP contribution in [-0.4, -0.2) is 18.5 Å². The van der Waals surface area contributed by atoms with Crippen LogP contribution in [0.3, 0.4) is 0 Å². The van der Waals surface area contributed by atoms with Crippen LogP contribution in [0.2, 0.25) is 10.0 Å². The first-order valence-corrected chi connectivity index (χ1v) is 8.24. The van der Waals surface area contributed by atoms with E-state index in [2.05, 4.69) is 5.32 Å². The van der Waals surface area contributed by atoms with Crippen LogP contribution in [0, 0.1) is 0 Å². The molecular formula is C18H17Cl2NO3. The minimum atomic E-state index is -0.476. The molecule has 0 saturated heterocycles. The molecule has 6 heteroatoms. The van der Waals surface area contributed by atoms with Crippen LogP contribution in [-0.2, 0) is 14.3 Å². The Kier molecular flexibility index (Phi) is 6.64. The minimum Gasteiger partial charge on any atom is -0.455 e. The van der Waals surface area contributed by atoms with Gasteiger partial charge in [0.05, 0.1) is 21.7 Å². The van der Waals surface area contributed by atoms with Crippen molar-refractivity contribution in [3.05, 3.63) is 64.1 Å². The van der Waals surface area contributed by atoms with E-state index in [0.717, 1.165) is 5.56 Å². The average Bonchev–Trinajstić information content (AvgIpc) is 2.59. The Morgan fingerprint density at radius 2 is 1.79 bits per heavy atom. The Hall–Kier alpha value is -2.04. The number of nitrogens with one attached hydrogen (secondary N) is 1. The van der Waals surface area contributed by atoms with E-state index in [1.807, 2.05) is 37.3 Å². The lowest BCUT2D eigenvalue weighted by Gasteiger charge is -2.14. The van der Waals surface area contributed by atoms with Crippen molar-refractivity contribution >= 4 is 40.8 Å². The maximum absolute atomic E-state index is 12.2. The monoisotopic (exact) mass is 365 g/mol. The summed E-state index contributed by atoms with van der Waals surface area (Å²) in [6.45, 7) is 1.51. The van der Waals surface area contributed by atoms with Crippen molar-refractivity contribution in [3.63, 3.8) is 0 Å². The van der Waals surface area contributed by atoms with Gasteiger partial charge in [-0.3, -0.25) is 9.59 Å². The number of benzene rings is 2. The van der Waals surface area contributed by atoms with Crippen molar-refractivity contribution in [3.8, 4) is 0 Å². The molecule has 0 spiro atoms. The van der Waals surface area contributed by atoms with Crippen molar-refractivity contribution in [2.45, 2.75) is 19.3 Å². The maximum Gasteiger partial charge on any atom is 0.313 e. The molecule has 2 rings (SSSR count). The Balaban J connectivity index is 1.93. The molecule has 0 aliphatic rings. The van der Waals surface area contributed by atoms with Gasteiger partial charge in [-0.05, 0) is 24.1 Å². The topological polar surface area (TPSA) is 55.4 Å². The number of halogens is 2. The first-order chi connectivity index (χ1) is 11.5. The van der Waals surface area contributed by atoms with Gasteiger partial charge in [-0.2, -0.15) is 0 Å². The van der Waals surface area contributed by atoms with E-state index in [1.165, 1.54) is 0 Å². The molecule has 126 valence electrons. The van der Waals surface area contributed by atoms with Gasteiger partial charge < -0.3 is 10.1 Å². The van der Waals surface area contributed by atoms with Gasteiger partial charge in [-0.15, -0.1) is 0 Å². The smallest absolute Gasteiger partial charge is 0.313 e. The zero-order chi connectivity index (χ0) is 17.5. The van der Waals surface area contributed by atoms with Gasteiger partial charge in [0, 0.05) is 0 Å². The molecule has 0 radical (unpaired) electrons. The number of hydrogen-bond acceptors (Lipinski definition) is 3.